The molecule has 3 rings (SSSR count). The van der Waals surface area contributed by atoms with E-state index in [0.29, 0.717) is 30.2 Å². The molecule has 1 heterocycles. The summed E-state index contributed by atoms with van der Waals surface area (Å²) in [6.07, 6.45) is 5.21. The number of fused-ring (bicyclic) bond motifs is 1. The number of nitrogens with zero attached hydrogens (tertiary/aromatic N) is 1. The normalized spacial score (nSPS) is 21.6. The Labute approximate surface area is 124 Å². The van der Waals surface area contributed by atoms with Crippen LogP contribution >= 0.6 is 0 Å². The predicted octanol–water partition coefficient (Wildman–Crippen LogP) is 2.79. The van der Waals surface area contributed by atoms with Gasteiger partial charge in [0.1, 0.15) is 5.75 Å². The van der Waals surface area contributed by atoms with Crippen LogP contribution in [0.4, 0.5) is 0 Å². The smallest absolute Gasteiger partial charge is 0.258 e. The van der Waals surface area contributed by atoms with Gasteiger partial charge in [-0.25, -0.2) is 0 Å². The molecule has 110 valence electrons. The summed E-state index contributed by atoms with van der Waals surface area (Å²) in [5, 5.41) is 0. The van der Waals surface area contributed by atoms with Gasteiger partial charge >= 0.3 is 0 Å². The molecule has 0 N–H and O–H groups in total. The van der Waals surface area contributed by atoms with E-state index in [1.165, 1.54) is 0 Å². The average molecular weight is 285 g/mol. The van der Waals surface area contributed by atoms with Gasteiger partial charge in [0.25, 0.3) is 5.91 Å². The van der Waals surface area contributed by atoms with Gasteiger partial charge in [0, 0.05) is 30.3 Å². The lowest BCUT2D eigenvalue weighted by Crippen LogP contribution is -2.39. The first-order chi connectivity index (χ1) is 10.2. The second-order valence-corrected chi connectivity index (χ2v) is 5.60. The Morgan fingerprint density at radius 3 is 3.00 bits per heavy atom. The molecule has 4 nitrogen and oxygen atoms in total. The molecule has 1 fully saturated rings. The Morgan fingerprint density at radius 2 is 2.19 bits per heavy atom. The summed E-state index contributed by atoms with van der Waals surface area (Å²) in [6.45, 7) is 0.686. The molecule has 1 aliphatic heterocycles. The molecule has 0 radical (unpaired) electrons. The maximum atomic E-state index is 12.7. The third kappa shape index (κ3) is 2.71. The quantitative estimate of drug-likeness (QED) is 0.839. The molecule has 0 saturated carbocycles. The standard InChI is InChI=1S/C17H19NO3/c1-21-15-6-2-4-13(10-15)17(20)18-9-3-5-12-7-8-14(19)11-16(12)18/h2,4,6,10-12H,3,5,7-9H2,1H3. The molecule has 1 aromatic carbocycles. The van der Waals surface area contributed by atoms with Crippen molar-refractivity contribution in [2.75, 3.05) is 13.7 Å². The van der Waals surface area contributed by atoms with Gasteiger partial charge in [0.15, 0.2) is 5.78 Å². The number of carbonyl (C=O) groups is 2. The SMILES string of the molecule is COc1cccc(C(=O)N2CCCC3CCC(=O)C=C32)c1. The Bertz CT molecular complexity index is 606. The summed E-state index contributed by atoms with van der Waals surface area (Å²) in [5.74, 6) is 1.11. The Kier molecular flexibility index (Phi) is 3.78. The van der Waals surface area contributed by atoms with Crippen LogP contribution in [-0.4, -0.2) is 30.2 Å². The van der Waals surface area contributed by atoms with Crippen LogP contribution in [0.25, 0.3) is 0 Å². The van der Waals surface area contributed by atoms with Gasteiger partial charge in [-0.3, -0.25) is 9.59 Å². The van der Waals surface area contributed by atoms with Crippen molar-refractivity contribution in [3.05, 3.63) is 41.6 Å². The zero-order valence-corrected chi connectivity index (χ0v) is 12.2. The predicted molar refractivity (Wildman–Crippen MR) is 79.1 cm³/mol. The third-order valence-corrected chi connectivity index (χ3v) is 4.27. The van der Waals surface area contributed by atoms with Crippen molar-refractivity contribution < 1.29 is 14.3 Å². The van der Waals surface area contributed by atoms with E-state index >= 15 is 0 Å². The summed E-state index contributed by atoms with van der Waals surface area (Å²) < 4.78 is 5.18. The van der Waals surface area contributed by atoms with Crippen molar-refractivity contribution in [1.82, 2.24) is 4.90 Å². The van der Waals surface area contributed by atoms with Crippen molar-refractivity contribution in [3.8, 4) is 5.75 Å². The van der Waals surface area contributed by atoms with Crippen LogP contribution in [0.3, 0.4) is 0 Å². The zero-order chi connectivity index (χ0) is 14.8. The number of hydrogen-bond donors (Lipinski definition) is 0. The molecule has 1 saturated heterocycles. The highest BCUT2D eigenvalue weighted by Crippen LogP contribution is 2.34. The topological polar surface area (TPSA) is 46.6 Å². The van der Waals surface area contributed by atoms with Crippen LogP contribution in [0.15, 0.2) is 36.0 Å². The molecule has 1 amide bonds. The number of piperidine rings is 1. The molecule has 21 heavy (non-hydrogen) atoms. The number of methoxy groups -OCH3 is 1. The lowest BCUT2D eigenvalue weighted by molar-refractivity contribution is -0.115. The number of ether oxygens (including phenoxy) is 1. The zero-order valence-electron chi connectivity index (χ0n) is 12.2. The number of rotatable bonds is 2. The van der Waals surface area contributed by atoms with Crippen LogP contribution in [0.5, 0.6) is 5.75 Å². The number of amides is 1. The van der Waals surface area contributed by atoms with E-state index in [4.69, 9.17) is 4.74 Å². The van der Waals surface area contributed by atoms with Gasteiger partial charge in [0.2, 0.25) is 0 Å². The summed E-state index contributed by atoms with van der Waals surface area (Å²) in [4.78, 5) is 26.2. The van der Waals surface area contributed by atoms with Crippen molar-refractivity contribution in [3.63, 3.8) is 0 Å². The van der Waals surface area contributed by atoms with E-state index in [-0.39, 0.29) is 11.7 Å². The minimum absolute atomic E-state index is 0.0421. The second-order valence-electron chi connectivity index (χ2n) is 5.60. The van der Waals surface area contributed by atoms with Crippen molar-refractivity contribution >= 4 is 11.7 Å². The fourth-order valence-electron chi connectivity index (χ4n) is 3.17. The number of hydrogen-bond acceptors (Lipinski definition) is 3. The van der Waals surface area contributed by atoms with E-state index in [9.17, 15) is 9.59 Å². The van der Waals surface area contributed by atoms with Crippen molar-refractivity contribution in [2.45, 2.75) is 25.7 Å². The lowest BCUT2D eigenvalue weighted by Gasteiger charge is -2.37. The minimum Gasteiger partial charge on any atom is -0.497 e. The minimum atomic E-state index is -0.0421. The average Bonchev–Trinajstić information content (AvgIpc) is 2.53. The van der Waals surface area contributed by atoms with Gasteiger partial charge in [-0.2, -0.15) is 0 Å². The maximum absolute atomic E-state index is 12.7. The van der Waals surface area contributed by atoms with Crippen molar-refractivity contribution in [2.24, 2.45) is 5.92 Å². The number of benzene rings is 1. The first-order valence-corrected chi connectivity index (χ1v) is 7.39. The van der Waals surface area contributed by atoms with Gasteiger partial charge in [-0.05, 0) is 43.4 Å². The molecule has 0 bridgehead atoms. The first-order valence-electron chi connectivity index (χ1n) is 7.39. The highest BCUT2D eigenvalue weighted by Gasteiger charge is 2.32. The highest BCUT2D eigenvalue weighted by atomic mass is 16.5. The number of allylic oxidation sites excluding steroid dienone is 2. The summed E-state index contributed by atoms with van der Waals surface area (Å²) in [7, 11) is 1.59. The summed E-state index contributed by atoms with van der Waals surface area (Å²) in [6, 6.07) is 7.17. The van der Waals surface area contributed by atoms with Gasteiger partial charge in [-0.15, -0.1) is 0 Å². The van der Waals surface area contributed by atoms with Crippen LogP contribution in [0.1, 0.15) is 36.0 Å². The van der Waals surface area contributed by atoms with E-state index in [1.54, 1.807) is 30.2 Å². The molecule has 4 heteroatoms. The molecule has 1 unspecified atom stereocenters. The molecular formula is C17H19NO3. The fourth-order valence-corrected chi connectivity index (χ4v) is 3.17. The maximum Gasteiger partial charge on any atom is 0.258 e. The molecule has 0 aromatic heterocycles. The number of likely N-dealkylation sites (tertiary alicyclic amines) is 1. The first kappa shape index (κ1) is 13.9. The van der Waals surface area contributed by atoms with Gasteiger partial charge in [-0.1, -0.05) is 6.07 Å². The van der Waals surface area contributed by atoms with E-state index < -0.39 is 0 Å². The molecule has 0 spiro atoms. The summed E-state index contributed by atoms with van der Waals surface area (Å²) >= 11 is 0. The molecular weight excluding hydrogens is 266 g/mol. The largest absolute Gasteiger partial charge is 0.497 e. The third-order valence-electron chi connectivity index (χ3n) is 4.27. The Hall–Kier alpha value is -2.10. The second kappa shape index (κ2) is 5.72. The fraction of sp³-hybridized carbons (Fsp3) is 0.412. The number of carbonyl (C=O) groups excluding carboxylic acids is 2. The van der Waals surface area contributed by atoms with Crippen molar-refractivity contribution in [1.29, 1.82) is 0 Å². The Balaban J connectivity index is 1.90. The van der Waals surface area contributed by atoms with Gasteiger partial charge in [0.05, 0.1) is 7.11 Å². The lowest BCUT2D eigenvalue weighted by atomic mass is 9.84. The van der Waals surface area contributed by atoms with E-state index in [1.807, 2.05) is 12.1 Å². The van der Waals surface area contributed by atoms with Crippen LogP contribution in [0, 0.1) is 5.92 Å². The molecule has 1 aromatic rings. The monoisotopic (exact) mass is 285 g/mol. The summed E-state index contributed by atoms with van der Waals surface area (Å²) in [5.41, 5.74) is 1.51. The van der Waals surface area contributed by atoms with E-state index in [2.05, 4.69) is 0 Å². The molecule has 2 aliphatic rings. The highest BCUT2D eigenvalue weighted by molar-refractivity contribution is 5.98. The Morgan fingerprint density at radius 1 is 1.33 bits per heavy atom. The molecule has 1 atom stereocenters. The number of ketones is 1. The van der Waals surface area contributed by atoms with E-state index in [0.717, 1.165) is 25.0 Å². The molecule has 1 aliphatic carbocycles. The van der Waals surface area contributed by atoms with Crippen LogP contribution in [-0.2, 0) is 4.79 Å². The van der Waals surface area contributed by atoms with Crippen LogP contribution < -0.4 is 4.74 Å². The van der Waals surface area contributed by atoms with Gasteiger partial charge < -0.3 is 9.64 Å². The van der Waals surface area contributed by atoms with Crippen LogP contribution in [0.2, 0.25) is 0 Å².